The Balaban J connectivity index is 0.000000540. The Morgan fingerprint density at radius 3 is 1.21 bits per heavy atom. The SMILES string of the molecule is CCCCCCCCCCCCCC[C@@H](O)[C@@H](O)[C@H](CO[C@H]1OC(CO)[C@H](O)[C@H](O)C1O)NC(=O)OCCCCCCCCCc1ccc(F)cc1.CCCCCCCCCCCCCC[C@@H](OC(=O)CCCCCCCCCCc1ccc(F)cc1)[C@@H](O)[C@@H](N)CO[C@H]1OC(CO)[C@H](O)[C@H](O)C1O. The van der Waals surface area contributed by atoms with Gasteiger partial charge in [-0.1, -0.05) is 256 Å². The Morgan fingerprint density at radius 2 is 0.808 bits per heavy atom. The Labute approximate surface area is 622 Å². The van der Waals surface area contributed by atoms with Crippen molar-refractivity contribution in [2.45, 2.75) is 394 Å². The van der Waals surface area contributed by atoms with Crippen LogP contribution in [-0.2, 0) is 46.1 Å². The zero-order valence-corrected chi connectivity index (χ0v) is 63.5. The molecule has 0 saturated carbocycles. The molecule has 0 bridgehead atoms. The number of hydrogen-bond donors (Lipinski definition) is 13. The second-order valence-electron chi connectivity index (χ2n) is 29.4. The Morgan fingerprint density at radius 1 is 0.452 bits per heavy atom. The number of aliphatic hydroxyl groups excluding tert-OH is 11. The third-order valence-corrected chi connectivity index (χ3v) is 20.3. The lowest BCUT2D eigenvalue weighted by Crippen LogP contribution is -2.60. The largest absolute Gasteiger partial charge is 0.460 e. The number of ether oxygens (including phenoxy) is 6. The summed E-state index contributed by atoms with van der Waals surface area (Å²) in [6.07, 6.45) is 26.3. The highest BCUT2D eigenvalue weighted by molar-refractivity contribution is 5.69. The molecule has 16 atom stereocenters. The minimum absolute atomic E-state index is 0.175. The van der Waals surface area contributed by atoms with E-state index in [0.717, 1.165) is 147 Å². The average Bonchev–Trinajstić information content (AvgIpc) is 0.825. The van der Waals surface area contributed by atoms with Crippen LogP contribution >= 0.6 is 0 Å². The molecule has 2 aliphatic heterocycles. The number of unbranched alkanes of at least 4 members (excludes halogenated alkanes) is 35. The number of hydrogen-bond acceptors (Lipinski definition) is 20. The van der Waals surface area contributed by atoms with Crippen LogP contribution in [0.4, 0.5) is 13.6 Å². The van der Waals surface area contributed by atoms with Gasteiger partial charge in [-0.3, -0.25) is 4.79 Å². The standard InChI is InChI=1S/C41H72FNO9.C40H70FNO10/c1-2-3-4-5-6-7-8-9-10-14-17-20-23-34(37(46)33(43)30-50-41-40(49)39(48)38(47)35(29-44)52-41)51-36(45)24-21-18-15-12-11-13-16-19-22-31-25-27-32(42)28-26-31;1-2-3-4-5-6-7-8-9-10-13-16-19-22-33(44)35(45)32(29-51-39-38(48)37(47)36(46)34(28-43)52-39)42-40(49)50-27-20-17-14-11-12-15-18-21-30-23-25-31(41)26-24-30/h25-28,33-35,37-41,44,46-49H,2-24,29-30,43H2,1H3;23-26,32-39,43-48H,2-22,27-29H2,1H3,(H,42,49)/t33-,34+,35?,37-,38-,39-,40?,41-;32-,33+,34?,35-,36-,37-,38?,39-/m00/s1. The highest BCUT2D eigenvalue weighted by Crippen LogP contribution is 2.26. The number of aliphatic hydroxyl groups is 11. The van der Waals surface area contributed by atoms with E-state index in [1.807, 2.05) is 24.3 Å². The molecule has 23 heteroatoms. The number of aryl methyl sites for hydroxylation is 2. The van der Waals surface area contributed by atoms with Gasteiger partial charge in [-0.25, -0.2) is 13.6 Å². The first-order valence-electron chi connectivity index (χ1n) is 40.6. The maximum Gasteiger partial charge on any atom is 0.407 e. The summed E-state index contributed by atoms with van der Waals surface area (Å²) >= 11 is 0. The molecule has 4 unspecified atom stereocenters. The van der Waals surface area contributed by atoms with Crippen LogP contribution < -0.4 is 11.1 Å². The molecule has 104 heavy (non-hydrogen) atoms. The first kappa shape index (κ1) is 94.6. The number of benzene rings is 2. The first-order valence-corrected chi connectivity index (χ1v) is 40.6. The van der Waals surface area contributed by atoms with Gasteiger partial charge in [0.1, 0.15) is 78.8 Å². The van der Waals surface area contributed by atoms with E-state index in [4.69, 9.17) is 34.2 Å². The van der Waals surface area contributed by atoms with Gasteiger partial charge in [-0.15, -0.1) is 0 Å². The van der Waals surface area contributed by atoms with Crippen LogP contribution in [0, 0.1) is 11.6 Å². The maximum atomic E-state index is 13.1. The van der Waals surface area contributed by atoms with E-state index in [2.05, 4.69) is 19.2 Å². The Bertz CT molecular complexity index is 2350. The van der Waals surface area contributed by atoms with E-state index in [1.165, 1.54) is 133 Å². The van der Waals surface area contributed by atoms with Gasteiger partial charge in [0, 0.05) is 6.42 Å². The smallest absolute Gasteiger partial charge is 0.407 e. The zero-order chi connectivity index (χ0) is 76.0. The van der Waals surface area contributed by atoms with Crippen molar-refractivity contribution in [2.24, 2.45) is 5.73 Å². The fourth-order valence-corrected chi connectivity index (χ4v) is 13.4. The van der Waals surface area contributed by atoms with Crippen molar-refractivity contribution in [1.29, 1.82) is 0 Å². The van der Waals surface area contributed by atoms with E-state index < -0.39 is 124 Å². The number of nitrogens with one attached hydrogen (secondary N) is 1. The van der Waals surface area contributed by atoms with Gasteiger partial charge in [-0.05, 0) is 93.2 Å². The summed E-state index contributed by atoms with van der Waals surface area (Å²) in [7, 11) is 0. The minimum atomic E-state index is -1.65. The number of carbonyl (C=O) groups is 2. The fourth-order valence-electron chi connectivity index (χ4n) is 13.4. The summed E-state index contributed by atoms with van der Waals surface area (Å²) in [6, 6.07) is 11.2. The lowest BCUT2D eigenvalue weighted by molar-refractivity contribution is -0.303. The van der Waals surface area contributed by atoms with Crippen LogP contribution in [0.2, 0.25) is 0 Å². The van der Waals surface area contributed by atoms with Crippen molar-refractivity contribution in [3.63, 3.8) is 0 Å². The van der Waals surface area contributed by atoms with E-state index in [0.29, 0.717) is 32.1 Å². The number of carbonyl (C=O) groups excluding carboxylic acids is 2. The maximum absolute atomic E-state index is 13.1. The van der Waals surface area contributed by atoms with Crippen molar-refractivity contribution in [1.82, 2.24) is 5.32 Å². The predicted octanol–water partition coefficient (Wildman–Crippen LogP) is 12.2. The second-order valence-corrected chi connectivity index (χ2v) is 29.4. The Hall–Kier alpha value is -3.60. The molecule has 2 aromatic rings. The molecule has 1 amide bonds. The number of amides is 1. The fraction of sp³-hybridized carbons (Fsp3) is 0.827. The van der Waals surface area contributed by atoms with Crippen LogP contribution in [0.3, 0.4) is 0 Å². The normalized spacial score (nSPS) is 22.2. The van der Waals surface area contributed by atoms with Crippen molar-refractivity contribution in [3.05, 3.63) is 71.3 Å². The zero-order valence-electron chi connectivity index (χ0n) is 63.5. The number of alkyl carbamates (subject to hydrolysis) is 1. The lowest BCUT2D eigenvalue weighted by Gasteiger charge is -2.40. The number of halogens is 2. The highest BCUT2D eigenvalue weighted by atomic mass is 19.1. The molecule has 2 aromatic carbocycles. The summed E-state index contributed by atoms with van der Waals surface area (Å²) in [5, 5.41) is 115. The summed E-state index contributed by atoms with van der Waals surface area (Å²) in [4.78, 5) is 25.6. The van der Waals surface area contributed by atoms with E-state index >= 15 is 0 Å². The van der Waals surface area contributed by atoms with Crippen LogP contribution in [0.25, 0.3) is 0 Å². The average molecular weight is 1490 g/mol. The van der Waals surface area contributed by atoms with Crippen LogP contribution in [-0.4, -0.2) is 199 Å². The third-order valence-electron chi connectivity index (χ3n) is 20.3. The van der Waals surface area contributed by atoms with Gasteiger partial charge in [0.2, 0.25) is 0 Å². The van der Waals surface area contributed by atoms with Crippen LogP contribution in [0.5, 0.6) is 0 Å². The van der Waals surface area contributed by atoms with E-state index in [9.17, 15) is 74.5 Å². The molecule has 21 nitrogen and oxygen atoms in total. The summed E-state index contributed by atoms with van der Waals surface area (Å²) in [6.45, 7) is 2.74. The molecule has 2 heterocycles. The number of nitrogens with two attached hydrogens (primary N) is 1. The Kier molecular flexibility index (Phi) is 54.8. The van der Waals surface area contributed by atoms with Gasteiger partial charge in [0.15, 0.2) is 12.6 Å². The molecule has 0 aliphatic carbocycles. The predicted molar refractivity (Wildman–Crippen MR) is 399 cm³/mol. The molecule has 14 N–H and O–H groups in total. The summed E-state index contributed by atoms with van der Waals surface area (Å²) < 4.78 is 59.2. The molecular formula is C81H142F2N2O19. The number of esters is 1. The van der Waals surface area contributed by atoms with E-state index in [1.54, 1.807) is 0 Å². The monoisotopic (exact) mass is 1490 g/mol. The van der Waals surface area contributed by atoms with Crippen molar-refractivity contribution in [2.75, 3.05) is 33.0 Å². The lowest BCUT2D eigenvalue weighted by atomic mass is 9.98. The summed E-state index contributed by atoms with van der Waals surface area (Å²) in [5.74, 6) is -0.792. The van der Waals surface area contributed by atoms with E-state index in [-0.39, 0.29) is 37.2 Å². The molecular weight excluding hydrogens is 1340 g/mol. The quantitative estimate of drug-likeness (QED) is 0.0216. The van der Waals surface area contributed by atoms with Crippen molar-refractivity contribution < 1.29 is 103 Å². The minimum Gasteiger partial charge on any atom is -0.460 e. The van der Waals surface area contributed by atoms with Gasteiger partial charge < -0.3 is 95.6 Å². The van der Waals surface area contributed by atoms with Gasteiger partial charge in [0.25, 0.3) is 0 Å². The highest BCUT2D eigenvalue weighted by Gasteiger charge is 2.46. The molecule has 604 valence electrons. The van der Waals surface area contributed by atoms with Crippen molar-refractivity contribution >= 4 is 12.1 Å². The van der Waals surface area contributed by atoms with Gasteiger partial charge in [0.05, 0.1) is 51.2 Å². The summed E-state index contributed by atoms with van der Waals surface area (Å²) in [5.41, 5.74) is 8.58. The van der Waals surface area contributed by atoms with Gasteiger partial charge in [-0.2, -0.15) is 0 Å². The van der Waals surface area contributed by atoms with Gasteiger partial charge >= 0.3 is 12.1 Å². The molecule has 0 radical (unpaired) electrons. The number of rotatable bonds is 61. The third kappa shape index (κ3) is 42.4. The molecule has 2 saturated heterocycles. The van der Waals surface area contributed by atoms with Crippen LogP contribution in [0.1, 0.15) is 295 Å². The molecule has 0 aromatic heterocycles. The molecule has 4 rings (SSSR count). The molecule has 0 spiro atoms. The topological polar surface area (TPSA) is 350 Å². The molecule has 2 aliphatic rings. The first-order chi connectivity index (χ1) is 50.3. The van der Waals surface area contributed by atoms with Crippen LogP contribution in [0.15, 0.2) is 48.5 Å². The molecule has 2 fully saturated rings. The second kappa shape index (κ2) is 60.2. The van der Waals surface area contributed by atoms with Crippen molar-refractivity contribution in [3.8, 4) is 0 Å².